The maximum atomic E-state index is 6.07. The Morgan fingerprint density at radius 1 is 1.21 bits per heavy atom. The molecule has 0 amide bonds. The minimum absolute atomic E-state index is 0. The first-order valence-corrected chi connectivity index (χ1v) is 6.82. The van der Waals surface area contributed by atoms with Gasteiger partial charge in [0.15, 0.2) is 0 Å². The molecule has 0 unspecified atom stereocenters. The van der Waals surface area contributed by atoms with Gasteiger partial charge in [0.25, 0.3) is 5.22 Å². The van der Waals surface area contributed by atoms with Gasteiger partial charge >= 0.3 is 0 Å². The molecule has 1 aromatic heterocycles. The first-order valence-electron chi connectivity index (χ1n) is 5.94. The van der Waals surface area contributed by atoms with Gasteiger partial charge in [0.05, 0.1) is 6.04 Å². The minimum atomic E-state index is -0.249. The molecular weight excluding hydrogens is 282 g/mol. The molecule has 0 fully saturated rings. The number of aromatic nitrogens is 2. The molecule has 4 nitrogen and oxygen atoms in total. The van der Waals surface area contributed by atoms with Gasteiger partial charge in [-0.15, -0.1) is 10.2 Å². The molecule has 2 N–H and O–H groups in total. The van der Waals surface area contributed by atoms with Crippen molar-refractivity contribution in [2.75, 3.05) is 0 Å². The van der Waals surface area contributed by atoms with Crippen molar-refractivity contribution in [3.8, 4) is 0 Å². The number of nitrogens with zero attached hydrogens (tertiary/aromatic N) is 2. The number of halogens is 1. The molecule has 0 saturated carbocycles. The van der Waals surface area contributed by atoms with E-state index in [9.17, 15) is 0 Å². The first kappa shape index (κ1) is 16.0. The largest absolute Gasteiger partial charge is 1.00 e. The van der Waals surface area contributed by atoms with Gasteiger partial charge in [-0.2, -0.15) is 0 Å². The van der Waals surface area contributed by atoms with Crippen LogP contribution in [0, 0.1) is 0 Å². The number of hydrogen-bond acceptors (Lipinski definition) is 5. The average Bonchev–Trinajstić information content (AvgIpc) is 2.78. The van der Waals surface area contributed by atoms with Crippen LogP contribution in [-0.4, -0.2) is 15.4 Å². The predicted molar refractivity (Wildman–Crippen MR) is 72.4 cm³/mol. The van der Waals surface area contributed by atoms with Crippen LogP contribution in [0.3, 0.4) is 0 Å². The van der Waals surface area contributed by atoms with Crippen LogP contribution in [0.5, 0.6) is 0 Å². The standard InChI is InChI=1S/C13H17N3OS.ClH/c1-9(2)18-13-16-15-12(17-13)11(14)8-10-6-4-3-5-7-10;/h3-7,9,11H,8,14H2,1-2H3;1H/p-1/t11-;/m0./s1. The molecule has 0 aliphatic rings. The predicted octanol–water partition coefficient (Wildman–Crippen LogP) is -0.183. The second-order valence-electron chi connectivity index (χ2n) is 4.37. The third-order valence-corrected chi connectivity index (χ3v) is 3.21. The minimum Gasteiger partial charge on any atom is -1.00 e. The summed E-state index contributed by atoms with van der Waals surface area (Å²) in [5.74, 6) is 0.502. The summed E-state index contributed by atoms with van der Waals surface area (Å²) >= 11 is 1.55. The SMILES string of the molecule is CC(C)Sc1nnc([C@@H](N)Cc2ccccc2)o1.[Cl-]. The highest BCUT2D eigenvalue weighted by Crippen LogP contribution is 2.23. The van der Waals surface area contributed by atoms with Gasteiger partial charge in [-0.1, -0.05) is 55.9 Å². The molecule has 0 spiro atoms. The van der Waals surface area contributed by atoms with Crippen LogP contribution < -0.4 is 18.1 Å². The lowest BCUT2D eigenvalue weighted by Crippen LogP contribution is -3.00. The van der Waals surface area contributed by atoms with Crippen molar-refractivity contribution in [3.63, 3.8) is 0 Å². The van der Waals surface area contributed by atoms with Crippen LogP contribution in [0.2, 0.25) is 0 Å². The van der Waals surface area contributed by atoms with Gasteiger partial charge in [0.2, 0.25) is 5.89 Å². The monoisotopic (exact) mass is 298 g/mol. The highest BCUT2D eigenvalue weighted by molar-refractivity contribution is 7.99. The summed E-state index contributed by atoms with van der Waals surface area (Å²) in [5.41, 5.74) is 7.23. The zero-order valence-corrected chi connectivity index (χ0v) is 12.5. The molecule has 1 atom stereocenters. The molecule has 0 saturated heterocycles. The van der Waals surface area contributed by atoms with E-state index in [0.717, 1.165) is 0 Å². The summed E-state index contributed by atoms with van der Waals surface area (Å²) in [6.07, 6.45) is 0.703. The fourth-order valence-corrected chi connectivity index (χ4v) is 2.20. The van der Waals surface area contributed by atoms with Crippen molar-refractivity contribution < 1.29 is 16.8 Å². The normalized spacial score (nSPS) is 12.2. The number of nitrogens with two attached hydrogens (primary N) is 1. The zero-order valence-electron chi connectivity index (χ0n) is 10.9. The van der Waals surface area contributed by atoms with Gasteiger partial charge in [-0.3, -0.25) is 0 Å². The van der Waals surface area contributed by atoms with Crippen molar-refractivity contribution in [1.82, 2.24) is 10.2 Å². The second kappa shape index (κ2) is 7.53. The molecule has 0 radical (unpaired) electrons. The van der Waals surface area contributed by atoms with Crippen molar-refractivity contribution >= 4 is 11.8 Å². The van der Waals surface area contributed by atoms with Crippen molar-refractivity contribution in [2.24, 2.45) is 5.73 Å². The third-order valence-electron chi connectivity index (χ3n) is 2.37. The average molecular weight is 299 g/mol. The Balaban J connectivity index is 0.00000180. The molecule has 19 heavy (non-hydrogen) atoms. The summed E-state index contributed by atoms with van der Waals surface area (Å²) in [6.45, 7) is 4.16. The van der Waals surface area contributed by atoms with Crippen LogP contribution in [0.4, 0.5) is 0 Å². The van der Waals surface area contributed by atoms with E-state index in [4.69, 9.17) is 10.2 Å². The van der Waals surface area contributed by atoms with Crippen LogP contribution in [-0.2, 0) is 6.42 Å². The number of thioether (sulfide) groups is 1. The Morgan fingerprint density at radius 3 is 2.53 bits per heavy atom. The molecule has 0 aliphatic heterocycles. The van der Waals surface area contributed by atoms with Crippen LogP contribution >= 0.6 is 11.8 Å². The summed E-state index contributed by atoms with van der Waals surface area (Å²) in [4.78, 5) is 0. The molecular formula is C13H17ClN3OS-. The molecule has 2 aromatic rings. The first-order chi connectivity index (χ1) is 8.65. The maximum absolute atomic E-state index is 6.07. The van der Waals surface area contributed by atoms with E-state index in [1.54, 1.807) is 11.8 Å². The van der Waals surface area contributed by atoms with Gasteiger partial charge < -0.3 is 22.6 Å². The Labute approximate surface area is 123 Å². The topological polar surface area (TPSA) is 64.9 Å². The summed E-state index contributed by atoms with van der Waals surface area (Å²) < 4.78 is 5.54. The van der Waals surface area contributed by atoms with E-state index in [1.165, 1.54) is 5.56 Å². The summed E-state index contributed by atoms with van der Waals surface area (Å²) in [6, 6.07) is 9.81. The van der Waals surface area contributed by atoms with E-state index in [1.807, 2.05) is 30.3 Å². The van der Waals surface area contributed by atoms with Crippen molar-refractivity contribution in [3.05, 3.63) is 41.8 Å². The fourth-order valence-electron chi connectivity index (χ4n) is 1.57. The second-order valence-corrected chi connectivity index (χ2v) is 5.90. The van der Waals surface area contributed by atoms with Crippen molar-refractivity contribution in [1.29, 1.82) is 0 Å². The zero-order chi connectivity index (χ0) is 13.0. The lowest BCUT2D eigenvalue weighted by molar-refractivity contribution is -0.00000450. The van der Waals surface area contributed by atoms with E-state index >= 15 is 0 Å². The Morgan fingerprint density at radius 2 is 1.89 bits per heavy atom. The molecule has 1 aromatic carbocycles. The van der Waals surface area contributed by atoms with Gasteiger partial charge in [0, 0.05) is 5.25 Å². The molecule has 0 bridgehead atoms. The highest BCUT2D eigenvalue weighted by atomic mass is 35.5. The van der Waals surface area contributed by atoms with Crippen LogP contribution in [0.15, 0.2) is 40.0 Å². The number of rotatable bonds is 5. The lowest BCUT2D eigenvalue weighted by Gasteiger charge is -2.06. The number of hydrogen-bond donors (Lipinski definition) is 1. The van der Waals surface area contributed by atoms with E-state index in [0.29, 0.717) is 22.8 Å². The fraction of sp³-hybridized carbons (Fsp3) is 0.385. The van der Waals surface area contributed by atoms with Gasteiger partial charge in [-0.05, 0) is 12.0 Å². The van der Waals surface area contributed by atoms with E-state index < -0.39 is 0 Å². The Bertz CT molecular complexity index is 490. The Kier molecular flexibility index (Phi) is 6.34. The summed E-state index contributed by atoms with van der Waals surface area (Å²) in [5, 5.41) is 8.99. The highest BCUT2D eigenvalue weighted by Gasteiger charge is 2.15. The Hall–Kier alpha value is -1.04. The quantitative estimate of drug-likeness (QED) is 0.776. The molecule has 0 aliphatic carbocycles. The van der Waals surface area contributed by atoms with Gasteiger partial charge in [0.1, 0.15) is 0 Å². The molecule has 6 heteroatoms. The smallest absolute Gasteiger partial charge is 0.276 e. The van der Waals surface area contributed by atoms with E-state index in [-0.39, 0.29) is 18.4 Å². The number of benzene rings is 1. The molecule has 2 rings (SSSR count). The van der Waals surface area contributed by atoms with Crippen molar-refractivity contribution in [2.45, 2.75) is 36.8 Å². The van der Waals surface area contributed by atoms with E-state index in [2.05, 4.69) is 24.0 Å². The molecule has 1 heterocycles. The van der Waals surface area contributed by atoms with Crippen LogP contribution in [0.1, 0.15) is 31.3 Å². The summed E-state index contributed by atoms with van der Waals surface area (Å²) in [7, 11) is 0. The van der Waals surface area contributed by atoms with Crippen LogP contribution in [0.25, 0.3) is 0 Å². The lowest BCUT2D eigenvalue weighted by atomic mass is 10.1. The molecule has 104 valence electrons. The van der Waals surface area contributed by atoms with Gasteiger partial charge in [-0.25, -0.2) is 0 Å². The third kappa shape index (κ3) is 4.86. The maximum Gasteiger partial charge on any atom is 0.276 e.